The number of anilines is 2. The van der Waals surface area contributed by atoms with Crippen LogP contribution in [-0.4, -0.2) is 30.7 Å². The van der Waals surface area contributed by atoms with Crippen LogP contribution in [0.25, 0.3) is 0 Å². The predicted molar refractivity (Wildman–Crippen MR) is 105 cm³/mol. The number of ether oxygens (including phenoxy) is 1. The lowest BCUT2D eigenvalue weighted by Crippen LogP contribution is -2.23. The number of hydrogen-bond acceptors (Lipinski definition) is 4. The van der Waals surface area contributed by atoms with Crippen LogP contribution in [0.2, 0.25) is 0 Å². The Kier molecular flexibility index (Phi) is 6.17. The number of nitrogens with zero attached hydrogens (tertiary/aromatic N) is 1. The molecule has 0 aromatic heterocycles. The van der Waals surface area contributed by atoms with Crippen molar-refractivity contribution in [3.8, 4) is 5.75 Å². The highest BCUT2D eigenvalue weighted by molar-refractivity contribution is 8.00. The number of rotatable bonds is 7. The predicted octanol–water partition coefficient (Wildman–Crippen LogP) is 3.94. The summed E-state index contributed by atoms with van der Waals surface area (Å²) in [4.78, 5) is 26.9. The standard InChI is InChI=1S/C20H22N2O3S/c1-2-25-17-8-10-18(11-9-17)26-14-19(23)21-15-5-3-6-16(13-15)22-12-4-7-20(22)24/h3,5-6,8-11,13H,2,4,7,12,14H2,1H3,(H,21,23). The van der Waals surface area contributed by atoms with Crippen LogP contribution >= 0.6 is 11.8 Å². The largest absolute Gasteiger partial charge is 0.494 e. The van der Waals surface area contributed by atoms with E-state index < -0.39 is 0 Å². The first-order chi connectivity index (χ1) is 12.7. The summed E-state index contributed by atoms with van der Waals surface area (Å²) in [6, 6.07) is 15.1. The molecule has 0 atom stereocenters. The fourth-order valence-electron chi connectivity index (χ4n) is 2.82. The summed E-state index contributed by atoms with van der Waals surface area (Å²) in [5.74, 6) is 1.21. The first-order valence-electron chi connectivity index (χ1n) is 8.71. The molecule has 1 fully saturated rings. The van der Waals surface area contributed by atoms with Gasteiger partial charge in [-0.2, -0.15) is 0 Å². The molecule has 6 heteroatoms. The maximum Gasteiger partial charge on any atom is 0.234 e. The maximum absolute atomic E-state index is 12.2. The third-order valence-corrected chi connectivity index (χ3v) is 5.03. The highest BCUT2D eigenvalue weighted by Crippen LogP contribution is 2.25. The Balaban J connectivity index is 1.54. The smallest absolute Gasteiger partial charge is 0.234 e. The Morgan fingerprint density at radius 2 is 2.04 bits per heavy atom. The Hall–Kier alpha value is -2.47. The highest BCUT2D eigenvalue weighted by atomic mass is 32.2. The fourth-order valence-corrected chi connectivity index (χ4v) is 3.52. The van der Waals surface area contributed by atoms with Gasteiger partial charge in [0.2, 0.25) is 11.8 Å². The topological polar surface area (TPSA) is 58.6 Å². The summed E-state index contributed by atoms with van der Waals surface area (Å²) in [6.07, 6.45) is 1.48. The van der Waals surface area contributed by atoms with Gasteiger partial charge in [-0.3, -0.25) is 9.59 Å². The van der Waals surface area contributed by atoms with Crippen LogP contribution in [0.5, 0.6) is 5.75 Å². The molecule has 1 heterocycles. The van der Waals surface area contributed by atoms with E-state index in [0.29, 0.717) is 24.5 Å². The summed E-state index contributed by atoms with van der Waals surface area (Å²) in [7, 11) is 0. The molecule has 1 N–H and O–H groups in total. The molecule has 0 spiro atoms. The van der Waals surface area contributed by atoms with E-state index in [1.165, 1.54) is 11.8 Å². The van der Waals surface area contributed by atoms with Crippen molar-refractivity contribution in [2.24, 2.45) is 0 Å². The van der Waals surface area contributed by atoms with Gasteiger partial charge in [-0.15, -0.1) is 11.8 Å². The van der Waals surface area contributed by atoms with Gasteiger partial charge in [0.1, 0.15) is 5.75 Å². The lowest BCUT2D eigenvalue weighted by molar-refractivity contribution is -0.117. The van der Waals surface area contributed by atoms with E-state index in [9.17, 15) is 9.59 Å². The fraction of sp³-hybridized carbons (Fsp3) is 0.300. The van der Waals surface area contributed by atoms with Gasteiger partial charge < -0.3 is 15.0 Å². The molecule has 2 aromatic rings. The minimum atomic E-state index is -0.0752. The van der Waals surface area contributed by atoms with E-state index in [1.54, 1.807) is 4.90 Å². The molecule has 1 saturated heterocycles. The second kappa shape index (κ2) is 8.76. The molecule has 0 aliphatic carbocycles. The molecule has 1 aliphatic rings. The zero-order valence-corrected chi connectivity index (χ0v) is 15.6. The van der Waals surface area contributed by atoms with Gasteiger partial charge in [0.15, 0.2) is 0 Å². The molecule has 26 heavy (non-hydrogen) atoms. The number of hydrogen-bond donors (Lipinski definition) is 1. The second-order valence-corrected chi connectivity index (χ2v) is 6.99. The zero-order chi connectivity index (χ0) is 18.4. The van der Waals surface area contributed by atoms with E-state index >= 15 is 0 Å². The number of carbonyl (C=O) groups excluding carboxylic acids is 2. The molecule has 5 nitrogen and oxygen atoms in total. The van der Waals surface area contributed by atoms with Gasteiger partial charge in [0.05, 0.1) is 12.4 Å². The summed E-state index contributed by atoms with van der Waals surface area (Å²) < 4.78 is 5.41. The van der Waals surface area contributed by atoms with Crippen molar-refractivity contribution in [2.75, 3.05) is 29.1 Å². The Bertz CT molecular complexity index is 777. The molecule has 2 aromatic carbocycles. The van der Waals surface area contributed by atoms with Crippen molar-refractivity contribution in [3.05, 3.63) is 48.5 Å². The first kappa shape index (κ1) is 18.3. The quantitative estimate of drug-likeness (QED) is 0.750. The zero-order valence-electron chi connectivity index (χ0n) is 14.7. The van der Waals surface area contributed by atoms with Crippen LogP contribution < -0.4 is 15.0 Å². The summed E-state index contributed by atoms with van der Waals surface area (Å²) in [6.45, 7) is 3.32. The number of carbonyl (C=O) groups is 2. The lowest BCUT2D eigenvalue weighted by Gasteiger charge is -2.16. The Labute approximate surface area is 157 Å². The summed E-state index contributed by atoms with van der Waals surface area (Å²) in [5.41, 5.74) is 1.55. The molecular weight excluding hydrogens is 348 g/mol. The van der Waals surface area contributed by atoms with Gasteiger partial charge >= 0.3 is 0 Å². The highest BCUT2D eigenvalue weighted by Gasteiger charge is 2.21. The molecule has 136 valence electrons. The molecule has 2 amide bonds. The first-order valence-corrected chi connectivity index (χ1v) is 9.70. The third kappa shape index (κ3) is 4.79. The lowest BCUT2D eigenvalue weighted by atomic mass is 10.2. The van der Waals surface area contributed by atoms with Gasteiger partial charge in [-0.05, 0) is 55.8 Å². The van der Waals surface area contributed by atoms with Gasteiger partial charge in [-0.1, -0.05) is 6.07 Å². The molecule has 3 rings (SSSR count). The minimum Gasteiger partial charge on any atom is -0.494 e. The van der Waals surface area contributed by atoms with E-state index in [2.05, 4.69) is 5.32 Å². The van der Waals surface area contributed by atoms with Crippen molar-refractivity contribution in [1.29, 1.82) is 0 Å². The van der Waals surface area contributed by atoms with Crippen LogP contribution in [0.3, 0.4) is 0 Å². The van der Waals surface area contributed by atoms with E-state index in [1.807, 2.05) is 55.5 Å². The summed E-state index contributed by atoms with van der Waals surface area (Å²) >= 11 is 1.47. The van der Waals surface area contributed by atoms with E-state index in [0.717, 1.165) is 29.3 Å². The molecule has 0 bridgehead atoms. The van der Waals surface area contributed by atoms with Crippen molar-refractivity contribution in [3.63, 3.8) is 0 Å². The van der Waals surface area contributed by atoms with Crippen molar-refractivity contribution >= 4 is 35.0 Å². The summed E-state index contributed by atoms with van der Waals surface area (Å²) in [5, 5.41) is 2.90. The molecule has 0 saturated carbocycles. The van der Waals surface area contributed by atoms with Gasteiger partial charge in [0.25, 0.3) is 0 Å². The number of thioether (sulfide) groups is 1. The number of benzene rings is 2. The maximum atomic E-state index is 12.2. The van der Waals surface area contributed by atoms with Crippen LogP contribution in [0, 0.1) is 0 Å². The Morgan fingerprint density at radius 3 is 2.73 bits per heavy atom. The van der Waals surface area contributed by atoms with Crippen LogP contribution in [0.1, 0.15) is 19.8 Å². The molecular formula is C20H22N2O3S. The monoisotopic (exact) mass is 370 g/mol. The van der Waals surface area contributed by atoms with E-state index in [-0.39, 0.29) is 11.8 Å². The molecule has 0 unspecified atom stereocenters. The minimum absolute atomic E-state index is 0.0752. The van der Waals surface area contributed by atoms with E-state index in [4.69, 9.17) is 4.74 Å². The second-order valence-electron chi connectivity index (χ2n) is 5.94. The molecule has 0 radical (unpaired) electrons. The Morgan fingerprint density at radius 1 is 1.23 bits per heavy atom. The normalized spacial score (nSPS) is 13.7. The van der Waals surface area contributed by atoms with Crippen molar-refractivity contribution < 1.29 is 14.3 Å². The molecule has 1 aliphatic heterocycles. The van der Waals surface area contributed by atoms with Gasteiger partial charge in [-0.25, -0.2) is 0 Å². The number of nitrogens with one attached hydrogen (secondary N) is 1. The van der Waals surface area contributed by atoms with Crippen LogP contribution in [0.15, 0.2) is 53.4 Å². The third-order valence-electron chi connectivity index (χ3n) is 4.02. The van der Waals surface area contributed by atoms with Crippen LogP contribution in [0.4, 0.5) is 11.4 Å². The van der Waals surface area contributed by atoms with Crippen molar-refractivity contribution in [2.45, 2.75) is 24.7 Å². The number of amides is 2. The van der Waals surface area contributed by atoms with Crippen molar-refractivity contribution in [1.82, 2.24) is 0 Å². The average Bonchev–Trinajstić information content (AvgIpc) is 3.08. The average molecular weight is 370 g/mol. The van der Waals surface area contributed by atoms with Gasteiger partial charge in [0, 0.05) is 29.2 Å². The van der Waals surface area contributed by atoms with Crippen LogP contribution in [-0.2, 0) is 9.59 Å². The SMILES string of the molecule is CCOc1ccc(SCC(=O)Nc2cccc(N3CCCC3=O)c2)cc1.